The maximum absolute atomic E-state index is 12.1. The minimum Gasteiger partial charge on any atom is -0.484 e. The van der Waals surface area contributed by atoms with E-state index in [1.54, 1.807) is 24.3 Å². The normalized spacial score (nSPS) is 17.4. The highest BCUT2D eigenvalue weighted by Gasteiger charge is 2.26. The molecule has 22 heavy (non-hydrogen) atoms. The summed E-state index contributed by atoms with van der Waals surface area (Å²) >= 11 is 5.80. The van der Waals surface area contributed by atoms with Crippen molar-refractivity contribution < 1.29 is 14.3 Å². The fourth-order valence-electron chi connectivity index (χ4n) is 2.51. The summed E-state index contributed by atoms with van der Waals surface area (Å²) in [4.78, 5) is 24.8. The van der Waals surface area contributed by atoms with Gasteiger partial charge in [-0.1, -0.05) is 11.6 Å². The predicted octanol–water partition coefficient (Wildman–Crippen LogP) is 2.09. The van der Waals surface area contributed by atoms with Crippen LogP contribution in [0.15, 0.2) is 24.3 Å². The monoisotopic (exact) mass is 324 g/mol. The number of rotatable bonds is 6. The molecular formula is C16H21ClN2O3. The van der Waals surface area contributed by atoms with E-state index in [4.69, 9.17) is 16.3 Å². The van der Waals surface area contributed by atoms with E-state index < -0.39 is 0 Å². The van der Waals surface area contributed by atoms with Crippen LogP contribution in [0.5, 0.6) is 5.75 Å². The van der Waals surface area contributed by atoms with E-state index in [9.17, 15) is 9.59 Å². The van der Waals surface area contributed by atoms with E-state index in [0.29, 0.717) is 23.2 Å². The van der Waals surface area contributed by atoms with Gasteiger partial charge >= 0.3 is 0 Å². The topological polar surface area (TPSA) is 58.6 Å². The van der Waals surface area contributed by atoms with Gasteiger partial charge in [0.15, 0.2) is 6.61 Å². The average Bonchev–Trinajstić information content (AvgIpc) is 2.95. The number of halogens is 1. The highest BCUT2D eigenvalue weighted by atomic mass is 35.5. The number of carbonyl (C=O) groups excluding carboxylic acids is 2. The SMILES string of the molecule is CC(=O)NCCC1CCN(C(=O)COc2ccc(Cl)cc2)C1. The number of amides is 2. The highest BCUT2D eigenvalue weighted by molar-refractivity contribution is 6.30. The van der Waals surface area contributed by atoms with Gasteiger partial charge in [-0.15, -0.1) is 0 Å². The molecule has 1 aromatic carbocycles. The van der Waals surface area contributed by atoms with Crippen molar-refractivity contribution in [2.75, 3.05) is 26.2 Å². The predicted molar refractivity (Wildman–Crippen MR) is 84.9 cm³/mol. The van der Waals surface area contributed by atoms with Crippen LogP contribution in [-0.4, -0.2) is 43.0 Å². The molecule has 1 N–H and O–H groups in total. The Hall–Kier alpha value is -1.75. The molecule has 0 saturated carbocycles. The lowest BCUT2D eigenvalue weighted by atomic mass is 10.1. The quantitative estimate of drug-likeness (QED) is 0.871. The number of hydrogen-bond acceptors (Lipinski definition) is 3. The summed E-state index contributed by atoms with van der Waals surface area (Å²) in [6.45, 7) is 3.72. The van der Waals surface area contributed by atoms with E-state index in [2.05, 4.69) is 5.32 Å². The summed E-state index contributed by atoms with van der Waals surface area (Å²) in [5.74, 6) is 1.07. The molecule has 5 nitrogen and oxygen atoms in total. The van der Waals surface area contributed by atoms with E-state index in [1.165, 1.54) is 6.92 Å². The summed E-state index contributed by atoms with van der Waals surface area (Å²) in [6.07, 6.45) is 1.88. The first-order valence-corrected chi connectivity index (χ1v) is 7.83. The molecule has 2 rings (SSSR count). The number of carbonyl (C=O) groups is 2. The zero-order chi connectivity index (χ0) is 15.9. The van der Waals surface area contributed by atoms with Crippen LogP contribution in [0.2, 0.25) is 5.02 Å². The second kappa shape index (κ2) is 8.03. The number of ether oxygens (including phenoxy) is 1. The molecular weight excluding hydrogens is 304 g/mol. The van der Waals surface area contributed by atoms with E-state index in [0.717, 1.165) is 25.9 Å². The maximum Gasteiger partial charge on any atom is 0.260 e. The van der Waals surface area contributed by atoms with Crippen molar-refractivity contribution in [1.29, 1.82) is 0 Å². The Labute approximate surface area is 135 Å². The molecule has 0 aliphatic carbocycles. The van der Waals surface area contributed by atoms with Gasteiger partial charge in [0, 0.05) is 31.6 Å². The molecule has 0 aromatic heterocycles. The van der Waals surface area contributed by atoms with Crippen molar-refractivity contribution in [2.24, 2.45) is 5.92 Å². The summed E-state index contributed by atoms with van der Waals surface area (Å²) in [5.41, 5.74) is 0. The summed E-state index contributed by atoms with van der Waals surface area (Å²) < 4.78 is 5.48. The fraction of sp³-hybridized carbons (Fsp3) is 0.500. The minimum absolute atomic E-state index is 0.00280. The van der Waals surface area contributed by atoms with Crippen LogP contribution in [0.1, 0.15) is 19.8 Å². The van der Waals surface area contributed by atoms with Crippen LogP contribution in [0.3, 0.4) is 0 Å². The van der Waals surface area contributed by atoms with E-state index in [1.807, 2.05) is 4.90 Å². The smallest absolute Gasteiger partial charge is 0.260 e. The lowest BCUT2D eigenvalue weighted by Gasteiger charge is -2.17. The second-order valence-electron chi connectivity index (χ2n) is 5.51. The average molecular weight is 325 g/mol. The molecule has 1 fully saturated rings. The standard InChI is InChI=1S/C16H21ClN2O3/c1-12(20)18-8-6-13-7-9-19(10-13)16(21)11-22-15-4-2-14(17)3-5-15/h2-5,13H,6-11H2,1H3,(H,18,20). The summed E-state index contributed by atoms with van der Waals surface area (Å²) in [5, 5.41) is 3.43. The van der Waals surface area contributed by atoms with Crippen LogP contribution in [0.4, 0.5) is 0 Å². The molecule has 1 aromatic rings. The van der Waals surface area contributed by atoms with E-state index in [-0.39, 0.29) is 18.4 Å². The Kier molecular flexibility index (Phi) is 6.07. The molecule has 120 valence electrons. The first-order chi connectivity index (χ1) is 10.5. The first-order valence-electron chi connectivity index (χ1n) is 7.45. The molecule has 2 amide bonds. The Balaban J connectivity index is 1.70. The van der Waals surface area contributed by atoms with Crippen LogP contribution in [-0.2, 0) is 9.59 Å². The molecule has 0 bridgehead atoms. The fourth-order valence-corrected chi connectivity index (χ4v) is 2.64. The van der Waals surface area contributed by atoms with Crippen molar-refractivity contribution in [3.8, 4) is 5.75 Å². The molecule has 1 atom stereocenters. The summed E-state index contributed by atoms with van der Waals surface area (Å²) in [6, 6.07) is 6.95. The van der Waals surface area contributed by atoms with Gasteiger partial charge in [0.25, 0.3) is 5.91 Å². The van der Waals surface area contributed by atoms with Crippen molar-refractivity contribution in [3.05, 3.63) is 29.3 Å². The molecule has 0 radical (unpaired) electrons. The largest absolute Gasteiger partial charge is 0.484 e. The van der Waals surface area contributed by atoms with Gasteiger partial charge < -0.3 is 15.0 Å². The zero-order valence-electron chi connectivity index (χ0n) is 12.7. The Bertz CT molecular complexity index is 519. The second-order valence-corrected chi connectivity index (χ2v) is 5.95. The third-order valence-corrected chi connectivity index (χ3v) is 3.99. The highest BCUT2D eigenvalue weighted by Crippen LogP contribution is 2.20. The van der Waals surface area contributed by atoms with Gasteiger partial charge in [0.05, 0.1) is 0 Å². The molecule has 6 heteroatoms. The molecule has 1 unspecified atom stereocenters. The maximum atomic E-state index is 12.1. The van der Waals surface area contributed by atoms with Crippen LogP contribution < -0.4 is 10.1 Å². The third kappa shape index (κ3) is 5.22. The van der Waals surface area contributed by atoms with E-state index >= 15 is 0 Å². The molecule has 1 aliphatic rings. The van der Waals surface area contributed by atoms with Gasteiger partial charge in [-0.05, 0) is 43.0 Å². The van der Waals surface area contributed by atoms with Crippen molar-refractivity contribution in [1.82, 2.24) is 10.2 Å². The van der Waals surface area contributed by atoms with Crippen molar-refractivity contribution >= 4 is 23.4 Å². The Morgan fingerprint density at radius 1 is 1.36 bits per heavy atom. The number of hydrogen-bond donors (Lipinski definition) is 1. The van der Waals surface area contributed by atoms with Gasteiger partial charge in [-0.25, -0.2) is 0 Å². The lowest BCUT2D eigenvalue weighted by molar-refractivity contribution is -0.132. The number of likely N-dealkylation sites (tertiary alicyclic amines) is 1. The Morgan fingerprint density at radius 3 is 2.77 bits per heavy atom. The lowest BCUT2D eigenvalue weighted by Crippen LogP contribution is -2.33. The van der Waals surface area contributed by atoms with Gasteiger partial charge in [0.1, 0.15) is 5.75 Å². The van der Waals surface area contributed by atoms with Crippen molar-refractivity contribution in [2.45, 2.75) is 19.8 Å². The number of nitrogens with zero attached hydrogens (tertiary/aromatic N) is 1. The van der Waals surface area contributed by atoms with Crippen LogP contribution >= 0.6 is 11.6 Å². The van der Waals surface area contributed by atoms with Crippen LogP contribution in [0, 0.1) is 5.92 Å². The minimum atomic E-state index is -0.0118. The molecule has 1 heterocycles. The molecule has 1 saturated heterocycles. The first kappa shape index (κ1) is 16.6. The number of nitrogens with one attached hydrogen (secondary N) is 1. The third-order valence-electron chi connectivity index (χ3n) is 3.74. The van der Waals surface area contributed by atoms with Crippen molar-refractivity contribution in [3.63, 3.8) is 0 Å². The Morgan fingerprint density at radius 2 is 2.09 bits per heavy atom. The molecule has 1 aliphatic heterocycles. The molecule has 0 spiro atoms. The van der Waals surface area contributed by atoms with Crippen LogP contribution in [0.25, 0.3) is 0 Å². The van der Waals surface area contributed by atoms with Gasteiger partial charge in [0.2, 0.25) is 5.91 Å². The number of benzene rings is 1. The van der Waals surface area contributed by atoms with Gasteiger partial charge in [-0.3, -0.25) is 9.59 Å². The zero-order valence-corrected chi connectivity index (χ0v) is 13.4. The van der Waals surface area contributed by atoms with Gasteiger partial charge in [-0.2, -0.15) is 0 Å². The summed E-state index contributed by atoms with van der Waals surface area (Å²) in [7, 11) is 0.